The number of aliphatic hydroxyl groups excluding tert-OH is 31. The van der Waals surface area contributed by atoms with Crippen LogP contribution in [0.5, 0.6) is 0 Å². The van der Waals surface area contributed by atoms with Crippen LogP contribution < -0.4 is 31.9 Å². The standard InChI is InChI=1S/C81H141N7O51S3/c89-17-32-42(99)45(102)55(112)75(127-32)137-65-37(22-94)132-70(60(117)50(65)107)122-25-81(26-123-71-61(118)51(108)66(38(23-95)133-71)138-76-56(113)46(103)43(100)33(18-90)128-76,27-124-72-62(119)52(109)67(39(24-96)134-72)139-77-57(114)47(104)44(101)34(19-91)129-77)87-80(142)84-9-12-88(10-7-82-78(140)85-15-30-28-5-1-3-13-120-68-58(115)48(105)63(35(20-92)130-68)135-73(125-30)53(110)40(28)97)11-8-83-79(141)86-16-31-29-6-2-4-14-121-69-59(116)49(106)64(36(21-93)131-69)136-74(126-31)54(111)41(29)98/h28-77,89-119H,1-27H2,(H2,82,85,140)(H2,83,86,141)(H2,84,87,142)/t28?,29?,30?,31?,32?,33?,34?,35?,36?,37?,38?,39?,40?,41?,42-,43-,44-,45-,46-,47-,48?,49?,50+,51+,52+,53?,54?,55?,56?,57?,58?,59?,60?,61?,62?,63?,64?,65-,66-,67-,68+,69+,70+,71+,72+,73-,74-,75-,76-,77-,81?/m0/s1. The second-order valence-corrected chi connectivity index (χ2v) is 38.2. The third kappa shape index (κ3) is 28.2. The van der Waals surface area contributed by atoms with Crippen LogP contribution in [0, 0.1) is 11.8 Å². The van der Waals surface area contributed by atoms with Crippen molar-refractivity contribution in [3.05, 3.63) is 0 Å². The van der Waals surface area contributed by atoms with Gasteiger partial charge < -0.3 is 285 Å². The number of nitrogens with zero attached hydrogens (tertiary/aromatic N) is 1. The lowest BCUT2D eigenvalue weighted by molar-refractivity contribution is -0.367. The van der Waals surface area contributed by atoms with Gasteiger partial charge in [0.25, 0.3) is 0 Å². The van der Waals surface area contributed by atoms with E-state index in [2.05, 4.69) is 31.9 Å². The van der Waals surface area contributed by atoms with Crippen molar-refractivity contribution in [2.75, 3.05) is 138 Å². The first kappa shape index (κ1) is 118. The minimum Gasteiger partial charge on any atom is -0.394 e. The summed E-state index contributed by atoms with van der Waals surface area (Å²) in [6.45, 7) is -11.3. The van der Waals surface area contributed by atoms with Crippen molar-refractivity contribution in [3.63, 3.8) is 0 Å². The minimum absolute atomic E-state index is 0.0109. The Kier molecular flexibility index (Phi) is 45.1. The highest BCUT2D eigenvalue weighted by Gasteiger charge is 2.60. The van der Waals surface area contributed by atoms with Crippen molar-refractivity contribution < 1.29 is 253 Å². The largest absolute Gasteiger partial charge is 0.394 e. The highest BCUT2D eigenvalue weighted by atomic mass is 32.1. The maximum Gasteiger partial charge on any atom is 0.187 e. The first-order valence-corrected chi connectivity index (χ1v) is 48.3. The number of hydrogen-bond acceptors (Lipinski definition) is 55. The summed E-state index contributed by atoms with van der Waals surface area (Å²) >= 11 is 17.7. The fraction of sp³-hybridized carbons (Fsp3) is 0.963. The maximum absolute atomic E-state index is 12.0. The van der Waals surface area contributed by atoms with E-state index >= 15 is 0 Å². The molecule has 0 aromatic rings. The average molecular weight is 2130 g/mol. The zero-order chi connectivity index (χ0) is 103. The summed E-state index contributed by atoms with van der Waals surface area (Å²) in [6, 6.07) is 0. The lowest BCUT2D eigenvalue weighted by Crippen LogP contribution is -2.67. The van der Waals surface area contributed by atoms with E-state index in [4.69, 9.17) is 131 Å². The van der Waals surface area contributed by atoms with Crippen LogP contribution in [0.1, 0.15) is 38.5 Å². The summed E-state index contributed by atoms with van der Waals surface area (Å²) in [5.41, 5.74) is -2.42. The fourth-order valence-electron chi connectivity index (χ4n) is 18.9. The van der Waals surface area contributed by atoms with Crippen molar-refractivity contribution >= 4 is 52.0 Å². The van der Waals surface area contributed by atoms with Crippen molar-refractivity contribution in [1.29, 1.82) is 0 Å². The molecule has 0 radical (unpaired) electrons. The zero-order valence-corrected chi connectivity index (χ0v) is 79.1. The van der Waals surface area contributed by atoms with Gasteiger partial charge in [0, 0.05) is 77.4 Å². The van der Waals surface area contributed by atoms with Crippen LogP contribution in [0.2, 0.25) is 0 Å². The molecule has 18 aliphatic heterocycles. The summed E-state index contributed by atoms with van der Waals surface area (Å²) in [4.78, 5) is 1.82. The van der Waals surface area contributed by atoms with E-state index in [9.17, 15) is 158 Å². The van der Waals surface area contributed by atoms with E-state index in [0.29, 0.717) is 25.7 Å². The summed E-state index contributed by atoms with van der Waals surface area (Å²) in [6.07, 6.45) is -85.0. The molecule has 18 saturated heterocycles. The summed E-state index contributed by atoms with van der Waals surface area (Å²) in [5.74, 6) is -1.54. The minimum atomic E-state index is -2.42. The van der Waals surface area contributed by atoms with Crippen LogP contribution in [0.4, 0.5) is 0 Å². The highest BCUT2D eigenvalue weighted by Crippen LogP contribution is 2.41. The van der Waals surface area contributed by atoms with Crippen molar-refractivity contribution in [3.8, 4) is 0 Å². The molecule has 142 heavy (non-hydrogen) atoms. The molecule has 18 aliphatic rings. The zero-order valence-electron chi connectivity index (χ0n) is 76.7. The molecule has 0 spiro atoms. The lowest BCUT2D eigenvalue weighted by atomic mass is 9.84. The van der Waals surface area contributed by atoms with Gasteiger partial charge in [-0.15, -0.1) is 0 Å². The fourth-order valence-corrected chi connectivity index (χ4v) is 19.5. The first-order chi connectivity index (χ1) is 67.8. The molecule has 8 bridgehead atoms. The number of hydrogen-bond donors (Lipinski definition) is 37. The molecular weight excluding hydrogens is 1980 g/mol. The molecule has 0 aromatic carbocycles. The van der Waals surface area contributed by atoms with Crippen LogP contribution in [0.3, 0.4) is 0 Å². The van der Waals surface area contributed by atoms with Crippen LogP contribution in [0.25, 0.3) is 0 Å². The first-order valence-electron chi connectivity index (χ1n) is 47.0. The SMILES string of the molecule is OCC1O[C@H]2OCCCCC3C(CNC(=S)NCCN(CCNC(=S)NCC4O[C@H]5OC6C(CO)O[C@@H](OCCCCC4C(O)C5O)C(O)C6O)CCNC(=S)NC(CO[C@@H]4OC(CO)[C@H](O[C@@H]5OC(CO)[C@H](O)[C@H](O)C5O)[C@H](O)C4O)(CO[C@@H]4OC(CO)[C@H](O[C@@H]5OC(CO)[C@H](O)[C@H](O)C5O)[C@H](O)C4O)CO[C@@H]4OC(CO)[C@H](O[C@@H]5OC(CO)[C@H](O)[C@H](O)C5O)[C@H](O)C4O)O[C@@H](OC1C(O)C2O)C(O)C3O. The van der Waals surface area contributed by atoms with Gasteiger partial charge in [-0.05, 0) is 62.3 Å². The molecule has 58 nitrogen and oxygen atoms in total. The third-order valence-electron chi connectivity index (χ3n) is 27.3. The van der Waals surface area contributed by atoms with Crippen LogP contribution >= 0.6 is 36.7 Å². The molecule has 0 aliphatic carbocycles. The topological polar surface area (TPSA) is 887 Å². The van der Waals surface area contributed by atoms with Gasteiger partial charge in [-0.1, -0.05) is 12.8 Å². The number of rotatable bonds is 37. The Labute approximate surface area is 827 Å². The van der Waals surface area contributed by atoms with E-state index in [1.165, 1.54) is 0 Å². The molecule has 61 heteroatoms. The molecule has 18 fully saturated rings. The smallest absolute Gasteiger partial charge is 0.187 e. The van der Waals surface area contributed by atoms with Crippen molar-refractivity contribution in [1.82, 2.24) is 36.8 Å². The average Bonchev–Trinajstić information content (AvgIpc) is 0.792. The van der Waals surface area contributed by atoms with E-state index in [1.54, 1.807) is 0 Å². The Balaban J connectivity index is 0.813. The highest BCUT2D eigenvalue weighted by molar-refractivity contribution is 7.80. The van der Waals surface area contributed by atoms with Gasteiger partial charge in [-0.2, -0.15) is 0 Å². The lowest BCUT2D eigenvalue weighted by Gasteiger charge is -2.48. The van der Waals surface area contributed by atoms with Gasteiger partial charge >= 0.3 is 0 Å². The molecule has 37 N–H and O–H groups in total. The second kappa shape index (κ2) is 54.5. The monoisotopic (exact) mass is 2120 g/mol. The van der Waals surface area contributed by atoms with Gasteiger partial charge in [0.15, 0.2) is 78.2 Å². The normalized spacial score (nSPS) is 46.1. The molecule has 18 heterocycles. The predicted octanol–water partition coefficient (Wildman–Crippen LogP) is -21.5. The Morgan fingerprint density at radius 1 is 0.268 bits per heavy atom. The summed E-state index contributed by atoms with van der Waals surface area (Å²) in [5, 5.41) is 360. The van der Waals surface area contributed by atoms with Crippen molar-refractivity contribution in [2.45, 2.75) is 339 Å². The van der Waals surface area contributed by atoms with Gasteiger partial charge in [0.2, 0.25) is 0 Å². The summed E-state index contributed by atoms with van der Waals surface area (Å²) in [7, 11) is 0. The maximum atomic E-state index is 12.0. The number of nitrogens with one attached hydrogen (secondary N) is 6. The van der Waals surface area contributed by atoms with E-state index < -0.39 is 390 Å². The van der Waals surface area contributed by atoms with Crippen LogP contribution in [-0.2, 0) is 94.7 Å². The second-order valence-electron chi connectivity index (χ2n) is 36.9. The van der Waals surface area contributed by atoms with Crippen LogP contribution in [0.15, 0.2) is 0 Å². The predicted molar refractivity (Wildman–Crippen MR) is 470 cm³/mol. The number of thiocarbonyl (C=S) groups is 3. The van der Waals surface area contributed by atoms with Gasteiger partial charge in [0.1, 0.15) is 213 Å². The van der Waals surface area contributed by atoms with Crippen molar-refractivity contribution in [2.24, 2.45) is 11.8 Å². The molecule has 18 rings (SSSR count). The van der Waals surface area contributed by atoms with Gasteiger partial charge in [-0.3, -0.25) is 4.90 Å². The Morgan fingerprint density at radius 2 is 0.549 bits per heavy atom. The molecule has 0 aromatic heterocycles. The number of ether oxygens (including phenoxy) is 20. The molecule has 0 amide bonds. The molecule has 28 unspecified atom stereocenters. The van der Waals surface area contributed by atoms with Gasteiger partial charge in [0.05, 0.1) is 97.1 Å². The van der Waals surface area contributed by atoms with E-state index in [1.807, 2.05) is 4.90 Å². The molecule has 50 atom stereocenters. The Morgan fingerprint density at radius 3 is 0.859 bits per heavy atom. The van der Waals surface area contributed by atoms with Crippen LogP contribution in [-0.4, -0.2) is 617 Å². The Hall–Kier alpha value is -3.01. The summed E-state index contributed by atoms with van der Waals surface area (Å²) < 4.78 is 118. The van der Waals surface area contributed by atoms with E-state index in [0.717, 1.165) is 0 Å². The third-order valence-corrected chi connectivity index (χ3v) is 28.1. The molecule has 0 saturated carbocycles. The van der Waals surface area contributed by atoms with Gasteiger partial charge in [-0.25, -0.2) is 0 Å². The Bertz CT molecular complexity index is 3480. The molecular formula is C81H141N7O51S3. The number of aliphatic hydroxyl groups is 31. The molecule has 824 valence electrons. The van der Waals surface area contributed by atoms with E-state index in [-0.39, 0.29) is 88.6 Å². The quantitative estimate of drug-likeness (QED) is 0.0257.